The van der Waals surface area contributed by atoms with E-state index in [-0.39, 0.29) is 5.71 Å². The molecule has 0 aliphatic heterocycles. The van der Waals surface area contributed by atoms with Crippen LogP contribution < -0.4 is 5.32 Å². The van der Waals surface area contributed by atoms with Crippen LogP contribution in [0.4, 0.5) is 5.69 Å². The molecule has 1 aromatic heterocycles. The summed E-state index contributed by atoms with van der Waals surface area (Å²) < 4.78 is 0. The van der Waals surface area contributed by atoms with Gasteiger partial charge in [0.15, 0.2) is 0 Å². The van der Waals surface area contributed by atoms with Crippen LogP contribution in [0.5, 0.6) is 0 Å². The number of hydrogen-bond donors (Lipinski definition) is 2. The third-order valence-corrected chi connectivity index (χ3v) is 2.57. The molecule has 0 spiro atoms. The smallest absolute Gasteiger partial charge is 0.253 e. The standard InChI is InChI=1S/C13H10ClN3O/c14-13(18)10-4-1-5-12(15)11(10)8-17-9-3-2-6-16-7-9/h1-8,15,17H/b11-8-,15-12?. The van der Waals surface area contributed by atoms with E-state index < -0.39 is 5.24 Å². The van der Waals surface area contributed by atoms with Crippen LogP contribution in [0.1, 0.15) is 0 Å². The third-order valence-electron chi connectivity index (χ3n) is 2.36. The van der Waals surface area contributed by atoms with Crippen LogP contribution in [0.2, 0.25) is 0 Å². The number of anilines is 1. The first-order valence-electron chi connectivity index (χ1n) is 5.22. The highest BCUT2D eigenvalue weighted by atomic mass is 35.5. The maximum atomic E-state index is 11.3. The van der Waals surface area contributed by atoms with Crippen molar-refractivity contribution in [2.24, 2.45) is 0 Å². The number of hydrogen-bond acceptors (Lipinski definition) is 4. The molecule has 0 aromatic carbocycles. The van der Waals surface area contributed by atoms with Crippen LogP contribution in [0.25, 0.3) is 0 Å². The molecule has 4 nitrogen and oxygen atoms in total. The van der Waals surface area contributed by atoms with Crippen molar-refractivity contribution < 1.29 is 4.79 Å². The number of carbonyl (C=O) groups is 1. The molecule has 0 unspecified atom stereocenters. The average molecular weight is 260 g/mol. The maximum absolute atomic E-state index is 11.3. The SMILES string of the molecule is N=C1C=CC=C(C(=O)Cl)/C1=C/Nc1cccnc1. The van der Waals surface area contributed by atoms with Gasteiger partial charge < -0.3 is 10.7 Å². The largest absolute Gasteiger partial charge is 0.360 e. The number of halogens is 1. The molecule has 0 radical (unpaired) electrons. The van der Waals surface area contributed by atoms with Gasteiger partial charge in [-0.1, -0.05) is 6.08 Å². The van der Waals surface area contributed by atoms with Crippen LogP contribution in [0, 0.1) is 5.41 Å². The second-order valence-corrected chi connectivity index (χ2v) is 3.91. The zero-order chi connectivity index (χ0) is 13.0. The van der Waals surface area contributed by atoms with Crippen molar-refractivity contribution in [1.82, 2.24) is 4.98 Å². The number of nitrogens with one attached hydrogen (secondary N) is 2. The molecule has 0 saturated carbocycles. The molecular formula is C13H10ClN3O. The van der Waals surface area contributed by atoms with E-state index in [4.69, 9.17) is 17.0 Å². The first-order valence-corrected chi connectivity index (χ1v) is 5.60. The predicted molar refractivity (Wildman–Crippen MR) is 71.8 cm³/mol. The van der Waals surface area contributed by atoms with Gasteiger partial charge in [-0.25, -0.2) is 0 Å². The van der Waals surface area contributed by atoms with E-state index in [1.807, 2.05) is 6.07 Å². The van der Waals surface area contributed by atoms with Gasteiger partial charge >= 0.3 is 0 Å². The van der Waals surface area contributed by atoms with Gasteiger partial charge in [-0.15, -0.1) is 0 Å². The summed E-state index contributed by atoms with van der Waals surface area (Å²) >= 11 is 5.48. The fourth-order valence-electron chi connectivity index (χ4n) is 1.50. The Kier molecular flexibility index (Phi) is 3.69. The number of carbonyl (C=O) groups excluding carboxylic acids is 1. The van der Waals surface area contributed by atoms with Gasteiger partial charge in [-0.3, -0.25) is 9.78 Å². The maximum Gasteiger partial charge on any atom is 0.253 e. The summed E-state index contributed by atoms with van der Waals surface area (Å²) in [4.78, 5) is 15.2. The summed E-state index contributed by atoms with van der Waals surface area (Å²) in [6, 6.07) is 3.62. The Morgan fingerprint density at radius 2 is 2.33 bits per heavy atom. The van der Waals surface area contributed by atoms with Crippen molar-refractivity contribution in [2.45, 2.75) is 0 Å². The van der Waals surface area contributed by atoms with E-state index in [9.17, 15) is 4.79 Å². The van der Waals surface area contributed by atoms with Crippen molar-refractivity contribution in [1.29, 1.82) is 5.41 Å². The van der Waals surface area contributed by atoms with Gasteiger partial charge in [-0.2, -0.15) is 0 Å². The van der Waals surface area contributed by atoms with Crippen LogP contribution >= 0.6 is 11.6 Å². The number of nitrogens with zero attached hydrogens (tertiary/aromatic N) is 1. The second kappa shape index (κ2) is 5.42. The monoisotopic (exact) mass is 259 g/mol. The highest BCUT2D eigenvalue weighted by Crippen LogP contribution is 2.19. The van der Waals surface area contributed by atoms with E-state index >= 15 is 0 Å². The third kappa shape index (κ3) is 2.73. The Hall–Kier alpha value is -2.20. The minimum Gasteiger partial charge on any atom is -0.360 e. The van der Waals surface area contributed by atoms with Crippen molar-refractivity contribution in [3.8, 4) is 0 Å². The van der Waals surface area contributed by atoms with E-state index in [2.05, 4.69) is 10.3 Å². The summed E-state index contributed by atoms with van der Waals surface area (Å²) in [5, 5.41) is 10.2. The number of rotatable bonds is 3. The molecule has 0 bridgehead atoms. The predicted octanol–water partition coefficient (Wildman–Crippen LogP) is 2.66. The Labute approximate surface area is 109 Å². The minimum absolute atomic E-state index is 0.234. The normalized spacial score (nSPS) is 16.6. The lowest BCUT2D eigenvalue weighted by atomic mass is 9.98. The molecule has 1 aliphatic rings. The molecule has 0 saturated heterocycles. The van der Waals surface area contributed by atoms with Crippen molar-refractivity contribution in [3.63, 3.8) is 0 Å². The van der Waals surface area contributed by atoms with Gasteiger partial charge in [0.05, 0.1) is 17.6 Å². The molecule has 1 aromatic rings. The summed E-state index contributed by atoms with van der Waals surface area (Å²) in [6.45, 7) is 0. The highest BCUT2D eigenvalue weighted by molar-refractivity contribution is 6.68. The van der Waals surface area contributed by atoms with E-state index in [0.29, 0.717) is 11.1 Å². The number of aromatic nitrogens is 1. The van der Waals surface area contributed by atoms with Gasteiger partial charge in [0.2, 0.25) is 0 Å². The molecule has 2 rings (SSSR count). The van der Waals surface area contributed by atoms with Crippen molar-refractivity contribution in [2.75, 3.05) is 5.32 Å². The quantitative estimate of drug-likeness (QED) is 0.820. The molecule has 0 amide bonds. The van der Waals surface area contributed by atoms with E-state index in [1.54, 1.807) is 42.9 Å². The summed E-state index contributed by atoms with van der Waals surface area (Å²) in [7, 11) is 0. The van der Waals surface area contributed by atoms with Crippen LogP contribution in [-0.4, -0.2) is 15.9 Å². The van der Waals surface area contributed by atoms with Crippen molar-refractivity contribution >= 4 is 28.2 Å². The number of allylic oxidation sites excluding steroid dienone is 5. The fourth-order valence-corrected chi connectivity index (χ4v) is 1.66. The molecule has 0 fully saturated rings. The Morgan fingerprint density at radius 1 is 1.50 bits per heavy atom. The molecule has 5 heteroatoms. The fraction of sp³-hybridized carbons (Fsp3) is 0. The lowest BCUT2D eigenvalue weighted by Gasteiger charge is -2.11. The Bertz CT molecular complexity index is 573. The zero-order valence-corrected chi connectivity index (χ0v) is 10.1. The highest BCUT2D eigenvalue weighted by Gasteiger charge is 2.17. The van der Waals surface area contributed by atoms with Crippen LogP contribution in [0.3, 0.4) is 0 Å². The lowest BCUT2D eigenvalue weighted by Crippen LogP contribution is -2.11. The molecular weight excluding hydrogens is 250 g/mol. The van der Waals surface area contributed by atoms with Crippen LogP contribution in [-0.2, 0) is 4.79 Å². The van der Waals surface area contributed by atoms with E-state index in [1.165, 1.54) is 0 Å². The van der Waals surface area contributed by atoms with Gasteiger partial charge in [0.25, 0.3) is 5.24 Å². The summed E-state index contributed by atoms with van der Waals surface area (Å²) in [5.41, 5.74) is 1.77. The minimum atomic E-state index is -0.580. The zero-order valence-electron chi connectivity index (χ0n) is 9.35. The summed E-state index contributed by atoms with van der Waals surface area (Å²) in [6.07, 6.45) is 9.70. The molecule has 90 valence electrons. The van der Waals surface area contributed by atoms with Crippen LogP contribution in [0.15, 0.2) is 60.1 Å². The van der Waals surface area contributed by atoms with Crippen molar-refractivity contribution in [3.05, 3.63) is 60.1 Å². The average Bonchev–Trinajstić information content (AvgIpc) is 2.38. The molecule has 2 N–H and O–H groups in total. The van der Waals surface area contributed by atoms with E-state index in [0.717, 1.165) is 5.69 Å². The molecule has 1 aliphatic carbocycles. The number of pyridine rings is 1. The van der Waals surface area contributed by atoms with Gasteiger partial charge in [0.1, 0.15) is 0 Å². The first kappa shape index (κ1) is 12.3. The summed E-state index contributed by atoms with van der Waals surface area (Å²) in [5.74, 6) is 0. The topological polar surface area (TPSA) is 65.8 Å². The molecule has 18 heavy (non-hydrogen) atoms. The Morgan fingerprint density at radius 3 is 3.00 bits per heavy atom. The molecule has 1 heterocycles. The van der Waals surface area contributed by atoms with Gasteiger partial charge in [-0.05, 0) is 35.9 Å². The Balaban J connectivity index is 2.25. The molecule has 0 atom stereocenters. The van der Waals surface area contributed by atoms with Gasteiger partial charge in [0, 0.05) is 23.5 Å². The second-order valence-electron chi connectivity index (χ2n) is 3.57. The first-order chi connectivity index (χ1) is 8.68. The lowest BCUT2D eigenvalue weighted by molar-refractivity contribution is -0.108.